The molecular formula is C11H11BrN2O. The first kappa shape index (κ1) is 10.4. The van der Waals surface area contributed by atoms with Gasteiger partial charge in [-0.05, 0) is 40.5 Å². The molecule has 0 fully saturated rings. The van der Waals surface area contributed by atoms with E-state index in [1.165, 1.54) is 0 Å². The van der Waals surface area contributed by atoms with Crippen molar-refractivity contribution in [1.29, 1.82) is 0 Å². The fourth-order valence-corrected chi connectivity index (χ4v) is 1.86. The maximum atomic E-state index is 6.08. The Balaban J connectivity index is 2.32. The van der Waals surface area contributed by atoms with Gasteiger partial charge in [-0.1, -0.05) is 6.07 Å². The van der Waals surface area contributed by atoms with Crippen LogP contribution in [-0.2, 0) is 0 Å². The Morgan fingerprint density at radius 3 is 2.73 bits per heavy atom. The Hall–Kier alpha value is -1.13. The first-order chi connectivity index (χ1) is 7.18. The monoisotopic (exact) mass is 266 g/mol. The van der Waals surface area contributed by atoms with Crippen molar-refractivity contribution in [2.45, 2.75) is 13.0 Å². The van der Waals surface area contributed by atoms with Crippen molar-refractivity contribution in [1.82, 2.24) is 4.98 Å². The molecule has 0 spiro atoms. The molecule has 0 aliphatic carbocycles. The number of pyridine rings is 1. The summed E-state index contributed by atoms with van der Waals surface area (Å²) >= 11 is 3.31. The molecule has 2 N–H and O–H groups in total. The summed E-state index contributed by atoms with van der Waals surface area (Å²) in [6.45, 7) is 1.95. The van der Waals surface area contributed by atoms with E-state index in [9.17, 15) is 0 Å². The molecule has 0 saturated heterocycles. The van der Waals surface area contributed by atoms with Crippen LogP contribution in [0.15, 0.2) is 39.7 Å². The maximum absolute atomic E-state index is 6.08. The SMILES string of the molecule is Cc1ccc(C(N)c2ccoc2Br)cn1. The minimum Gasteiger partial charge on any atom is -0.457 e. The highest BCUT2D eigenvalue weighted by Crippen LogP contribution is 2.27. The van der Waals surface area contributed by atoms with Crippen molar-refractivity contribution in [2.75, 3.05) is 0 Å². The van der Waals surface area contributed by atoms with Gasteiger partial charge >= 0.3 is 0 Å². The summed E-state index contributed by atoms with van der Waals surface area (Å²) in [6, 6.07) is 5.58. The largest absolute Gasteiger partial charge is 0.457 e. The van der Waals surface area contributed by atoms with Crippen LogP contribution in [0.3, 0.4) is 0 Å². The lowest BCUT2D eigenvalue weighted by Crippen LogP contribution is -2.11. The molecule has 0 aliphatic heterocycles. The lowest BCUT2D eigenvalue weighted by Gasteiger charge is -2.10. The number of furan rings is 1. The van der Waals surface area contributed by atoms with Crippen LogP contribution >= 0.6 is 15.9 Å². The van der Waals surface area contributed by atoms with Crippen LogP contribution in [0.5, 0.6) is 0 Å². The summed E-state index contributed by atoms with van der Waals surface area (Å²) in [4.78, 5) is 4.21. The van der Waals surface area contributed by atoms with Crippen molar-refractivity contribution >= 4 is 15.9 Å². The van der Waals surface area contributed by atoms with Gasteiger partial charge in [-0.3, -0.25) is 4.98 Å². The van der Waals surface area contributed by atoms with Gasteiger partial charge in [0.05, 0.1) is 12.3 Å². The summed E-state index contributed by atoms with van der Waals surface area (Å²) in [5.41, 5.74) is 8.97. The number of nitrogens with two attached hydrogens (primary N) is 1. The van der Waals surface area contributed by atoms with Crippen LogP contribution < -0.4 is 5.73 Å². The molecule has 78 valence electrons. The van der Waals surface area contributed by atoms with E-state index in [0.29, 0.717) is 4.67 Å². The number of hydrogen-bond acceptors (Lipinski definition) is 3. The Morgan fingerprint density at radius 2 is 2.20 bits per heavy atom. The minimum atomic E-state index is -0.203. The van der Waals surface area contributed by atoms with Gasteiger partial charge in [-0.25, -0.2) is 0 Å². The van der Waals surface area contributed by atoms with Gasteiger partial charge in [0.1, 0.15) is 0 Å². The van der Waals surface area contributed by atoms with E-state index in [0.717, 1.165) is 16.8 Å². The molecule has 3 nitrogen and oxygen atoms in total. The van der Waals surface area contributed by atoms with Crippen LogP contribution in [0.25, 0.3) is 0 Å². The molecule has 1 atom stereocenters. The average Bonchev–Trinajstić information content (AvgIpc) is 2.65. The molecule has 0 aromatic carbocycles. The Labute approximate surface area is 96.4 Å². The molecule has 0 amide bonds. The maximum Gasteiger partial charge on any atom is 0.174 e. The molecule has 1 unspecified atom stereocenters. The number of halogens is 1. The van der Waals surface area contributed by atoms with Crippen molar-refractivity contribution < 1.29 is 4.42 Å². The summed E-state index contributed by atoms with van der Waals surface area (Å²) in [7, 11) is 0. The summed E-state index contributed by atoms with van der Waals surface area (Å²) in [5.74, 6) is 0. The summed E-state index contributed by atoms with van der Waals surface area (Å²) < 4.78 is 5.82. The Bertz CT molecular complexity index is 450. The summed E-state index contributed by atoms with van der Waals surface area (Å²) in [5, 5.41) is 0. The zero-order valence-electron chi connectivity index (χ0n) is 8.27. The van der Waals surface area contributed by atoms with E-state index in [1.807, 2.05) is 25.1 Å². The molecule has 4 heteroatoms. The molecule has 0 saturated carbocycles. The standard InChI is InChI=1S/C11H11BrN2O/c1-7-2-3-8(6-14-7)10(13)9-4-5-15-11(9)12/h2-6,10H,13H2,1H3. The first-order valence-corrected chi connectivity index (χ1v) is 5.39. The predicted octanol–water partition coefficient (Wildman–Crippen LogP) is 2.79. The highest BCUT2D eigenvalue weighted by Gasteiger charge is 2.14. The normalized spacial score (nSPS) is 12.7. The second-order valence-corrected chi connectivity index (χ2v) is 4.08. The fraction of sp³-hybridized carbons (Fsp3) is 0.182. The molecular weight excluding hydrogens is 256 g/mol. The molecule has 0 radical (unpaired) electrons. The average molecular weight is 267 g/mol. The zero-order valence-corrected chi connectivity index (χ0v) is 9.86. The molecule has 0 aliphatic rings. The molecule has 15 heavy (non-hydrogen) atoms. The quantitative estimate of drug-likeness (QED) is 0.910. The van der Waals surface area contributed by atoms with Crippen LogP contribution in [-0.4, -0.2) is 4.98 Å². The Morgan fingerprint density at radius 1 is 1.40 bits per heavy atom. The lowest BCUT2D eigenvalue weighted by molar-refractivity contribution is 0.534. The smallest absolute Gasteiger partial charge is 0.174 e. The number of nitrogens with zero attached hydrogens (tertiary/aromatic N) is 1. The highest BCUT2D eigenvalue weighted by atomic mass is 79.9. The van der Waals surface area contributed by atoms with Gasteiger partial charge in [0.2, 0.25) is 0 Å². The molecule has 2 rings (SSSR count). The summed E-state index contributed by atoms with van der Waals surface area (Å²) in [6.07, 6.45) is 3.40. The van der Waals surface area contributed by atoms with Crippen LogP contribution in [0, 0.1) is 6.92 Å². The van der Waals surface area contributed by atoms with E-state index in [2.05, 4.69) is 20.9 Å². The fourth-order valence-electron chi connectivity index (χ4n) is 1.37. The van der Waals surface area contributed by atoms with Crippen molar-refractivity contribution in [3.8, 4) is 0 Å². The lowest BCUT2D eigenvalue weighted by atomic mass is 10.0. The van der Waals surface area contributed by atoms with Crippen molar-refractivity contribution in [3.05, 3.63) is 52.1 Å². The number of aromatic nitrogens is 1. The second-order valence-electron chi connectivity index (χ2n) is 3.36. The van der Waals surface area contributed by atoms with E-state index in [1.54, 1.807) is 12.5 Å². The molecule has 2 aromatic heterocycles. The third-order valence-corrected chi connectivity index (χ3v) is 2.92. The van der Waals surface area contributed by atoms with E-state index >= 15 is 0 Å². The van der Waals surface area contributed by atoms with E-state index < -0.39 is 0 Å². The van der Waals surface area contributed by atoms with E-state index in [-0.39, 0.29) is 6.04 Å². The third kappa shape index (κ3) is 2.11. The van der Waals surface area contributed by atoms with Crippen molar-refractivity contribution in [3.63, 3.8) is 0 Å². The molecule has 0 bridgehead atoms. The number of aryl methyl sites for hydroxylation is 1. The minimum absolute atomic E-state index is 0.203. The van der Waals surface area contributed by atoms with Crippen LogP contribution in [0.1, 0.15) is 22.9 Å². The van der Waals surface area contributed by atoms with Crippen LogP contribution in [0.2, 0.25) is 0 Å². The first-order valence-electron chi connectivity index (χ1n) is 4.59. The van der Waals surface area contributed by atoms with Gasteiger partial charge in [0.15, 0.2) is 4.67 Å². The second kappa shape index (κ2) is 4.16. The number of rotatable bonds is 2. The van der Waals surface area contributed by atoms with Gasteiger partial charge in [-0.2, -0.15) is 0 Å². The van der Waals surface area contributed by atoms with Gasteiger partial charge < -0.3 is 10.2 Å². The highest BCUT2D eigenvalue weighted by molar-refractivity contribution is 9.10. The third-order valence-electron chi connectivity index (χ3n) is 2.27. The topological polar surface area (TPSA) is 52.0 Å². The van der Waals surface area contributed by atoms with Crippen molar-refractivity contribution in [2.24, 2.45) is 5.73 Å². The van der Waals surface area contributed by atoms with Gasteiger partial charge in [-0.15, -0.1) is 0 Å². The zero-order chi connectivity index (χ0) is 10.8. The van der Waals surface area contributed by atoms with Crippen LogP contribution in [0.4, 0.5) is 0 Å². The molecule has 2 aromatic rings. The molecule has 2 heterocycles. The number of hydrogen-bond donors (Lipinski definition) is 1. The van der Waals surface area contributed by atoms with E-state index in [4.69, 9.17) is 10.2 Å². The van der Waals surface area contributed by atoms with Gasteiger partial charge in [0.25, 0.3) is 0 Å². The Kier molecular flexibility index (Phi) is 2.88. The van der Waals surface area contributed by atoms with Gasteiger partial charge in [0, 0.05) is 17.5 Å². The predicted molar refractivity (Wildman–Crippen MR) is 61.4 cm³/mol.